The molecular formula is C22H20N4O. The highest BCUT2D eigenvalue weighted by atomic mass is 16.5. The number of aryl methyl sites for hydroxylation is 1. The van der Waals surface area contributed by atoms with Crippen LogP contribution in [0.25, 0.3) is 5.70 Å². The highest BCUT2D eigenvalue weighted by Crippen LogP contribution is 2.32. The van der Waals surface area contributed by atoms with Crippen LogP contribution in [0.2, 0.25) is 0 Å². The summed E-state index contributed by atoms with van der Waals surface area (Å²) in [6, 6.07) is 15.7. The predicted molar refractivity (Wildman–Crippen MR) is 107 cm³/mol. The SMILES string of the molecule is C=C1NC(c2ccccn2)=Nc2ccc(OCCCc3ccncc3)cc21. The molecule has 0 spiro atoms. The lowest BCUT2D eigenvalue weighted by atomic mass is 10.1. The highest BCUT2D eigenvalue weighted by molar-refractivity contribution is 6.06. The minimum absolute atomic E-state index is 0.656. The molecule has 0 radical (unpaired) electrons. The van der Waals surface area contributed by atoms with Crippen LogP contribution in [0.5, 0.6) is 5.75 Å². The maximum absolute atomic E-state index is 5.91. The Morgan fingerprint density at radius 3 is 2.70 bits per heavy atom. The van der Waals surface area contributed by atoms with Crippen molar-refractivity contribution in [1.29, 1.82) is 0 Å². The molecule has 1 aromatic carbocycles. The molecule has 0 fully saturated rings. The van der Waals surface area contributed by atoms with E-state index in [9.17, 15) is 0 Å². The molecule has 1 aliphatic heterocycles. The molecule has 0 unspecified atom stereocenters. The van der Waals surface area contributed by atoms with Crippen molar-refractivity contribution in [3.8, 4) is 5.75 Å². The van der Waals surface area contributed by atoms with Gasteiger partial charge in [0.15, 0.2) is 5.84 Å². The third-order valence-corrected chi connectivity index (χ3v) is 4.33. The van der Waals surface area contributed by atoms with Crippen molar-refractivity contribution in [3.05, 3.63) is 90.5 Å². The molecule has 0 atom stereocenters. The first kappa shape index (κ1) is 17.0. The van der Waals surface area contributed by atoms with Crippen LogP contribution in [-0.2, 0) is 6.42 Å². The molecule has 1 aliphatic rings. The third-order valence-electron chi connectivity index (χ3n) is 4.33. The Morgan fingerprint density at radius 2 is 1.89 bits per heavy atom. The molecule has 5 heteroatoms. The summed E-state index contributed by atoms with van der Waals surface area (Å²) in [5, 5.41) is 3.24. The van der Waals surface area contributed by atoms with Crippen LogP contribution in [0.1, 0.15) is 23.2 Å². The van der Waals surface area contributed by atoms with Gasteiger partial charge in [-0.15, -0.1) is 0 Å². The quantitative estimate of drug-likeness (QED) is 0.674. The summed E-state index contributed by atoms with van der Waals surface area (Å²) in [5.74, 6) is 1.53. The molecule has 4 rings (SSSR count). The van der Waals surface area contributed by atoms with Crippen molar-refractivity contribution in [1.82, 2.24) is 15.3 Å². The van der Waals surface area contributed by atoms with Crippen molar-refractivity contribution in [2.45, 2.75) is 12.8 Å². The van der Waals surface area contributed by atoms with Crippen LogP contribution in [0.4, 0.5) is 5.69 Å². The Hall–Kier alpha value is -3.47. The Morgan fingerprint density at radius 1 is 1.00 bits per heavy atom. The zero-order valence-electron chi connectivity index (χ0n) is 14.9. The van der Waals surface area contributed by atoms with Gasteiger partial charge in [0.1, 0.15) is 11.4 Å². The average molecular weight is 356 g/mol. The van der Waals surface area contributed by atoms with Crippen molar-refractivity contribution in [3.63, 3.8) is 0 Å². The summed E-state index contributed by atoms with van der Waals surface area (Å²) in [4.78, 5) is 13.0. The van der Waals surface area contributed by atoms with Crippen LogP contribution in [0, 0.1) is 0 Å². The Balaban J connectivity index is 1.42. The van der Waals surface area contributed by atoms with Gasteiger partial charge in [0.25, 0.3) is 0 Å². The van der Waals surface area contributed by atoms with Gasteiger partial charge >= 0.3 is 0 Å². The van der Waals surface area contributed by atoms with E-state index in [-0.39, 0.29) is 0 Å². The number of hydrogen-bond acceptors (Lipinski definition) is 5. The molecule has 0 saturated carbocycles. The first-order valence-corrected chi connectivity index (χ1v) is 8.92. The van der Waals surface area contributed by atoms with Crippen LogP contribution >= 0.6 is 0 Å². The molecule has 0 bridgehead atoms. The van der Waals surface area contributed by atoms with Gasteiger partial charge in [-0.25, -0.2) is 4.99 Å². The van der Waals surface area contributed by atoms with Crippen LogP contribution in [0.3, 0.4) is 0 Å². The monoisotopic (exact) mass is 356 g/mol. The topological polar surface area (TPSA) is 59.4 Å². The smallest absolute Gasteiger partial charge is 0.157 e. The van der Waals surface area contributed by atoms with E-state index in [1.807, 2.05) is 60.9 Å². The molecular weight excluding hydrogens is 336 g/mol. The number of pyridine rings is 2. The van der Waals surface area contributed by atoms with E-state index in [0.717, 1.165) is 41.2 Å². The molecule has 5 nitrogen and oxygen atoms in total. The number of rotatable bonds is 6. The summed E-state index contributed by atoms with van der Waals surface area (Å²) >= 11 is 0. The lowest BCUT2D eigenvalue weighted by Crippen LogP contribution is -2.26. The van der Waals surface area contributed by atoms with E-state index in [0.29, 0.717) is 12.4 Å². The van der Waals surface area contributed by atoms with Gasteiger partial charge in [0.05, 0.1) is 12.3 Å². The molecule has 0 aliphatic carbocycles. The molecule has 134 valence electrons. The summed E-state index contributed by atoms with van der Waals surface area (Å²) in [5.41, 5.74) is 4.67. The molecule has 27 heavy (non-hydrogen) atoms. The van der Waals surface area contributed by atoms with Gasteiger partial charge in [-0.3, -0.25) is 9.97 Å². The number of benzene rings is 1. The van der Waals surface area contributed by atoms with Gasteiger partial charge in [-0.2, -0.15) is 0 Å². The molecule has 0 saturated heterocycles. The largest absolute Gasteiger partial charge is 0.494 e. The summed E-state index contributed by atoms with van der Waals surface area (Å²) in [7, 11) is 0. The Labute approximate surface area is 158 Å². The van der Waals surface area contributed by atoms with E-state index >= 15 is 0 Å². The average Bonchev–Trinajstić information content (AvgIpc) is 2.73. The van der Waals surface area contributed by atoms with E-state index in [1.54, 1.807) is 6.20 Å². The van der Waals surface area contributed by atoms with Crippen molar-refractivity contribution >= 4 is 17.2 Å². The number of ether oxygens (including phenoxy) is 1. The Kier molecular flexibility index (Phi) is 4.92. The minimum Gasteiger partial charge on any atom is -0.494 e. The minimum atomic E-state index is 0.656. The predicted octanol–water partition coefficient (Wildman–Crippen LogP) is 4.14. The van der Waals surface area contributed by atoms with E-state index in [1.165, 1.54) is 5.56 Å². The molecule has 3 heterocycles. The van der Waals surface area contributed by atoms with Crippen molar-refractivity contribution in [2.75, 3.05) is 6.61 Å². The zero-order chi connectivity index (χ0) is 18.5. The van der Waals surface area contributed by atoms with Crippen LogP contribution in [-0.4, -0.2) is 22.4 Å². The van der Waals surface area contributed by atoms with Gasteiger partial charge < -0.3 is 10.1 Å². The summed E-state index contributed by atoms with van der Waals surface area (Å²) in [6.07, 6.45) is 7.30. The van der Waals surface area contributed by atoms with Gasteiger partial charge in [-0.1, -0.05) is 12.6 Å². The fourth-order valence-corrected chi connectivity index (χ4v) is 2.94. The molecule has 1 N–H and O–H groups in total. The fourth-order valence-electron chi connectivity index (χ4n) is 2.94. The van der Waals surface area contributed by atoms with Gasteiger partial charge in [0, 0.05) is 29.9 Å². The normalized spacial score (nSPS) is 12.7. The number of hydrogen-bond donors (Lipinski definition) is 1. The molecule has 0 amide bonds. The van der Waals surface area contributed by atoms with Gasteiger partial charge in [-0.05, 0) is 60.9 Å². The maximum atomic E-state index is 5.91. The van der Waals surface area contributed by atoms with Gasteiger partial charge in [0.2, 0.25) is 0 Å². The standard InChI is InChI=1S/C22H20N4O/c1-16-19-15-18(27-14-4-5-17-9-12-23-13-10-17)7-8-20(19)26-22(25-16)21-6-2-3-11-24-21/h2-3,6-13,15H,1,4-5,14H2,(H,25,26). The van der Waals surface area contributed by atoms with Crippen LogP contribution < -0.4 is 10.1 Å². The second-order valence-electron chi connectivity index (χ2n) is 6.27. The van der Waals surface area contributed by atoms with Crippen molar-refractivity contribution in [2.24, 2.45) is 4.99 Å². The number of nitrogens with zero attached hydrogens (tertiary/aromatic N) is 3. The number of fused-ring (bicyclic) bond motifs is 1. The van der Waals surface area contributed by atoms with E-state index < -0.39 is 0 Å². The zero-order valence-corrected chi connectivity index (χ0v) is 14.9. The number of aliphatic imine (C=N–C) groups is 1. The lowest BCUT2D eigenvalue weighted by molar-refractivity contribution is 0.311. The second kappa shape index (κ2) is 7.83. The van der Waals surface area contributed by atoms with Crippen molar-refractivity contribution < 1.29 is 4.74 Å². The number of amidine groups is 1. The first-order chi connectivity index (χ1) is 13.3. The Bertz CT molecular complexity index is 968. The van der Waals surface area contributed by atoms with E-state index in [2.05, 4.69) is 26.9 Å². The summed E-state index contributed by atoms with van der Waals surface area (Å²) < 4.78 is 5.91. The van der Waals surface area contributed by atoms with Crippen LogP contribution in [0.15, 0.2) is 78.7 Å². The molecule has 2 aromatic heterocycles. The lowest BCUT2D eigenvalue weighted by Gasteiger charge is -2.20. The fraction of sp³-hybridized carbons (Fsp3) is 0.136. The van der Waals surface area contributed by atoms with E-state index in [4.69, 9.17) is 4.74 Å². The first-order valence-electron chi connectivity index (χ1n) is 8.92. The number of nitrogens with one attached hydrogen (secondary N) is 1. The third kappa shape index (κ3) is 4.03. The number of aromatic nitrogens is 2. The second-order valence-corrected chi connectivity index (χ2v) is 6.27. The maximum Gasteiger partial charge on any atom is 0.157 e. The highest BCUT2D eigenvalue weighted by Gasteiger charge is 2.17. The summed E-state index contributed by atoms with van der Waals surface area (Å²) in [6.45, 7) is 4.78. The molecule has 3 aromatic rings.